The number of hydrogen-bond acceptors (Lipinski definition) is 5. The number of hydrogen-bond donors (Lipinski definition) is 0. The lowest BCUT2D eigenvalue weighted by Crippen LogP contribution is -2.27. The third kappa shape index (κ3) is 4.31. The van der Waals surface area contributed by atoms with Gasteiger partial charge in [0.15, 0.2) is 0 Å². The third-order valence-corrected chi connectivity index (χ3v) is 2.46. The van der Waals surface area contributed by atoms with Gasteiger partial charge in [-0.1, -0.05) is 6.92 Å². The van der Waals surface area contributed by atoms with Crippen molar-refractivity contribution in [3.05, 3.63) is 34.0 Å². The Kier molecular flexibility index (Phi) is 4.58. The van der Waals surface area contributed by atoms with Crippen molar-refractivity contribution in [1.29, 1.82) is 0 Å². The summed E-state index contributed by atoms with van der Waals surface area (Å²) in [7, 11) is 0. The average Bonchev–Trinajstić information content (AvgIpc) is 2.28. The Morgan fingerprint density at radius 1 is 1.47 bits per heavy atom. The maximum Gasteiger partial charge on any atom is 0.363 e. The van der Waals surface area contributed by atoms with Crippen LogP contribution in [0.1, 0.15) is 45.6 Å². The van der Waals surface area contributed by atoms with Crippen LogP contribution in [0.25, 0.3) is 0 Å². The van der Waals surface area contributed by atoms with Crippen molar-refractivity contribution in [3.8, 4) is 0 Å². The first kappa shape index (κ1) is 15.1. The monoisotopic (exact) mass is 266 g/mol. The lowest BCUT2D eigenvalue weighted by molar-refractivity contribution is -0.389. The van der Waals surface area contributed by atoms with Gasteiger partial charge in [0.25, 0.3) is 0 Å². The molecule has 0 saturated carbocycles. The van der Waals surface area contributed by atoms with Gasteiger partial charge >= 0.3 is 11.8 Å². The zero-order valence-electron chi connectivity index (χ0n) is 11.5. The Bertz CT molecular complexity index is 463. The molecule has 0 aliphatic rings. The number of pyridine rings is 1. The molecular formula is C13H18N2O4. The van der Waals surface area contributed by atoms with Crippen molar-refractivity contribution in [2.24, 2.45) is 0 Å². The summed E-state index contributed by atoms with van der Waals surface area (Å²) in [5, 5.41) is 10.5. The molecular weight excluding hydrogens is 248 g/mol. The normalized spacial score (nSPS) is 12.8. The highest BCUT2D eigenvalue weighted by Gasteiger charge is 2.26. The molecule has 104 valence electrons. The van der Waals surface area contributed by atoms with E-state index in [1.807, 2.05) is 6.92 Å². The molecule has 1 heterocycles. The number of carbonyl (C=O) groups excluding carboxylic acids is 1. The van der Waals surface area contributed by atoms with Crippen LogP contribution in [0.5, 0.6) is 0 Å². The number of aromatic nitrogens is 1. The van der Waals surface area contributed by atoms with Gasteiger partial charge in [0, 0.05) is 11.6 Å². The molecule has 1 aromatic heterocycles. The van der Waals surface area contributed by atoms with E-state index in [9.17, 15) is 14.9 Å². The summed E-state index contributed by atoms with van der Waals surface area (Å²) >= 11 is 0. The number of rotatable bonds is 4. The molecule has 0 bridgehead atoms. The summed E-state index contributed by atoms with van der Waals surface area (Å²) in [5.74, 6) is -1.03. The number of carbonyl (C=O) groups is 1. The van der Waals surface area contributed by atoms with Gasteiger partial charge in [-0.2, -0.15) is 0 Å². The van der Waals surface area contributed by atoms with Crippen LogP contribution in [-0.4, -0.2) is 21.5 Å². The maximum atomic E-state index is 12.0. The molecule has 1 rings (SSSR count). The van der Waals surface area contributed by atoms with Gasteiger partial charge in [-0.3, -0.25) is 4.79 Å². The maximum absolute atomic E-state index is 12.0. The fourth-order valence-corrected chi connectivity index (χ4v) is 1.62. The Morgan fingerprint density at radius 2 is 2.11 bits per heavy atom. The minimum atomic E-state index is -0.571. The molecule has 0 aliphatic carbocycles. The molecule has 1 unspecified atom stereocenters. The largest absolute Gasteiger partial charge is 0.459 e. The van der Waals surface area contributed by atoms with Gasteiger partial charge in [-0.05, 0) is 43.2 Å². The molecule has 1 aromatic rings. The second kappa shape index (κ2) is 5.77. The van der Waals surface area contributed by atoms with Gasteiger partial charge in [0.05, 0.1) is 5.92 Å². The first-order valence-corrected chi connectivity index (χ1v) is 6.07. The van der Waals surface area contributed by atoms with Crippen LogP contribution in [0, 0.1) is 10.1 Å². The lowest BCUT2D eigenvalue weighted by Gasteiger charge is -2.23. The highest BCUT2D eigenvalue weighted by molar-refractivity contribution is 5.78. The third-order valence-electron chi connectivity index (χ3n) is 2.46. The van der Waals surface area contributed by atoms with E-state index in [0.29, 0.717) is 12.0 Å². The minimum Gasteiger partial charge on any atom is -0.459 e. The first-order chi connectivity index (χ1) is 8.74. The lowest BCUT2D eigenvalue weighted by atomic mass is 9.98. The van der Waals surface area contributed by atoms with E-state index in [4.69, 9.17) is 4.74 Å². The molecule has 0 N–H and O–H groups in total. The highest BCUT2D eigenvalue weighted by atomic mass is 16.6. The standard InChI is InChI=1S/C13H18N2O4/c1-5-10(12(16)19-13(2,3)4)9-6-7-11(14-8-9)15(17)18/h6-8,10H,5H2,1-4H3. The van der Waals surface area contributed by atoms with E-state index in [1.165, 1.54) is 12.3 Å². The van der Waals surface area contributed by atoms with Gasteiger partial charge in [0.1, 0.15) is 11.8 Å². The van der Waals surface area contributed by atoms with E-state index in [1.54, 1.807) is 26.8 Å². The second-order valence-corrected chi connectivity index (χ2v) is 5.20. The summed E-state index contributed by atoms with van der Waals surface area (Å²) in [5.41, 5.74) is 0.0703. The minimum absolute atomic E-state index is 0.234. The average molecular weight is 266 g/mol. The quantitative estimate of drug-likeness (QED) is 0.475. The molecule has 0 spiro atoms. The van der Waals surface area contributed by atoms with E-state index >= 15 is 0 Å². The van der Waals surface area contributed by atoms with Crippen LogP contribution in [0.15, 0.2) is 18.3 Å². The van der Waals surface area contributed by atoms with Crippen LogP contribution >= 0.6 is 0 Å². The Labute approximate surface area is 111 Å². The van der Waals surface area contributed by atoms with Crippen LogP contribution in [0.4, 0.5) is 5.82 Å². The summed E-state index contributed by atoms with van der Waals surface area (Å²) in [6, 6.07) is 2.84. The Hall–Kier alpha value is -1.98. The van der Waals surface area contributed by atoms with Gasteiger partial charge < -0.3 is 14.9 Å². The SMILES string of the molecule is CCC(C(=O)OC(C)(C)C)c1ccc([N+](=O)[O-])nc1. The predicted molar refractivity (Wildman–Crippen MR) is 69.8 cm³/mol. The molecule has 6 nitrogen and oxygen atoms in total. The number of ether oxygens (including phenoxy) is 1. The van der Waals surface area contributed by atoms with E-state index in [2.05, 4.69) is 4.98 Å². The zero-order chi connectivity index (χ0) is 14.6. The summed E-state index contributed by atoms with van der Waals surface area (Å²) in [6.07, 6.45) is 1.91. The highest BCUT2D eigenvalue weighted by Crippen LogP contribution is 2.24. The van der Waals surface area contributed by atoms with Crippen molar-refractivity contribution >= 4 is 11.8 Å². The van der Waals surface area contributed by atoms with Crippen LogP contribution in [0.2, 0.25) is 0 Å². The van der Waals surface area contributed by atoms with Crippen LogP contribution < -0.4 is 0 Å². The molecule has 0 aliphatic heterocycles. The summed E-state index contributed by atoms with van der Waals surface area (Å²) in [6.45, 7) is 7.25. The molecule has 0 fully saturated rings. The molecule has 0 aromatic carbocycles. The van der Waals surface area contributed by atoms with Gasteiger partial charge in [-0.15, -0.1) is 0 Å². The van der Waals surface area contributed by atoms with Gasteiger partial charge in [-0.25, -0.2) is 0 Å². The van der Waals surface area contributed by atoms with Crippen molar-refractivity contribution in [1.82, 2.24) is 4.98 Å². The molecule has 6 heteroatoms. The van der Waals surface area contributed by atoms with Crippen molar-refractivity contribution in [2.75, 3.05) is 0 Å². The first-order valence-electron chi connectivity index (χ1n) is 6.07. The molecule has 0 saturated heterocycles. The van der Waals surface area contributed by atoms with Crippen molar-refractivity contribution in [2.45, 2.75) is 45.6 Å². The topological polar surface area (TPSA) is 82.3 Å². The van der Waals surface area contributed by atoms with E-state index < -0.39 is 16.4 Å². The summed E-state index contributed by atoms with van der Waals surface area (Å²) in [4.78, 5) is 25.7. The number of nitrogens with zero attached hydrogens (tertiary/aromatic N) is 2. The van der Waals surface area contributed by atoms with Gasteiger partial charge in [0.2, 0.25) is 0 Å². The van der Waals surface area contributed by atoms with Crippen LogP contribution in [-0.2, 0) is 9.53 Å². The van der Waals surface area contributed by atoms with Crippen molar-refractivity contribution < 1.29 is 14.5 Å². The predicted octanol–water partition coefficient (Wildman–Crippen LogP) is 2.83. The fraction of sp³-hybridized carbons (Fsp3) is 0.538. The molecule has 19 heavy (non-hydrogen) atoms. The number of esters is 1. The molecule has 0 amide bonds. The Balaban J connectivity index is 2.91. The molecule has 0 radical (unpaired) electrons. The zero-order valence-corrected chi connectivity index (χ0v) is 11.5. The van der Waals surface area contributed by atoms with E-state index in [0.717, 1.165) is 0 Å². The smallest absolute Gasteiger partial charge is 0.363 e. The van der Waals surface area contributed by atoms with E-state index in [-0.39, 0.29) is 11.8 Å². The number of nitro groups is 1. The molecule has 1 atom stereocenters. The fourth-order valence-electron chi connectivity index (χ4n) is 1.62. The Morgan fingerprint density at radius 3 is 2.47 bits per heavy atom. The van der Waals surface area contributed by atoms with Crippen molar-refractivity contribution in [3.63, 3.8) is 0 Å². The summed E-state index contributed by atoms with van der Waals surface area (Å²) < 4.78 is 5.32. The second-order valence-electron chi connectivity index (χ2n) is 5.20. The van der Waals surface area contributed by atoms with Crippen LogP contribution in [0.3, 0.4) is 0 Å².